The molecule has 5 rings (SSSR count). The van der Waals surface area contributed by atoms with Gasteiger partial charge in [0.15, 0.2) is 5.78 Å². The summed E-state index contributed by atoms with van der Waals surface area (Å²) in [6.07, 6.45) is 17.1. The second kappa shape index (κ2) is 7.21. The highest BCUT2D eigenvalue weighted by atomic mass is 16.3. The molecule has 8 atom stereocenters. The minimum Gasteiger partial charge on any atom is -0.390 e. The van der Waals surface area contributed by atoms with Crippen LogP contribution in [0.25, 0.3) is 0 Å². The van der Waals surface area contributed by atoms with Gasteiger partial charge in [0, 0.05) is 18.3 Å². The summed E-state index contributed by atoms with van der Waals surface area (Å²) in [5.74, 6) is 4.59. The summed E-state index contributed by atoms with van der Waals surface area (Å²) in [7, 11) is 0. The Hall–Kier alpha value is -1.16. The van der Waals surface area contributed by atoms with Gasteiger partial charge in [-0.25, -0.2) is 4.98 Å². The van der Waals surface area contributed by atoms with Gasteiger partial charge in [-0.05, 0) is 99.2 Å². The van der Waals surface area contributed by atoms with Crippen molar-refractivity contribution < 1.29 is 9.90 Å². The molecule has 4 aliphatic rings. The Kier molecular flexibility index (Phi) is 4.92. The molecule has 0 bridgehead atoms. The van der Waals surface area contributed by atoms with Gasteiger partial charge in [0.25, 0.3) is 0 Å². The molecule has 1 aromatic heterocycles. The topological polar surface area (TPSA) is 55.1 Å². The number of ketones is 1. The molecule has 1 heterocycles. The number of carbonyl (C=O) groups is 1. The van der Waals surface area contributed by atoms with E-state index < -0.39 is 5.60 Å². The fourth-order valence-electron chi connectivity index (χ4n) is 8.48. The summed E-state index contributed by atoms with van der Waals surface area (Å²) in [4.78, 5) is 17.3. The summed E-state index contributed by atoms with van der Waals surface area (Å²) >= 11 is 0. The van der Waals surface area contributed by atoms with E-state index in [1.54, 1.807) is 12.5 Å². The molecular formula is C25H38N2O2. The van der Waals surface area contributed by atoms with Crippen LogP contribution in [-0.4, -0.2) is 26.0 Å². The van der Waals surface area contributed by atoms with Gasteiger partial charge in [0.1, 0.15) is 0 Å². The van der Waals surface area contributed by atoms with Crippen molar-refractivity contribution in [3.05, 3.63) is 18.7 Å². The van der Waals surface area contributed by atoms with E-state index in [2.05, 4.69) is 18.8 Å². The normalized spacial score (nSPS) is 46.6. The minimum atomic E-state index is -0.393. The third kappa shape index (κ3) is 3.21. The first kappa shape index (κ1) is 19.8. The highest BCUT2D eigenvalue weighted by Crippen LogP contribution is 2.64. The maximum atomic E-state index is 13.2. The smallest absolute Gasteiger partial charge is 0.156 e. The number of Topliss-reactive ketones (excluding diaryl/α,β-unsaturated/α-hetero) is 1. The van der Waals surface area contributed by atoms with E-state index in [0.29, 0.717) is 12.3 Å². The van der Waals surface area contributed by atoms with Gasteiger partial charge in [0.2, 0.25) is 0 Å². The highest BCUT2D eigenvalue weighted by molar-refractivity contribution is 5.82. The van der Waals surface area contributed by atoms with Crippen molar-refractivity contribution in [3.63, 3.8) is 0 Å². The molecule has 0 aliphatic heterocycles. The van der Waals surface area contributed by atoms with Gasteiger partial charge < -0.3 is 9.67 Å². The van der Waals surface area contributed by atoms with Crippen LogP contribution in [0.1, 0.15) is 78.1 Å². The Bertz CT molecular complexity index is 746. The average Bonchev–Trinajstić information content (AvgIpc) is 3.34. The molecular weight excluding hydrogens is 360 g/mol. The van der Waals surface area contributed by atoms with Gasteiger partial charge in [0.05, 0.1) is 18.5 Å². The van der Waals surface area contributed by atoms with Crippen LogP contribution in [0.15, 0.2) is 18.7 Å². The van der Waals surface area contributed by atoms with Crippen molar-refractivity contribution in [1.82, 2.24) is 9.55 Å². The van der Waals surface area contributed by atoms with Crippen LogP contribution in [0.5, 0.6) is 0 Å². The molecule has 0 unspecified atom stereocenters. The summed E-state index contributed by atoms with van der Waals surface area (Å²) in [5, 5.41) is 10.9. The Morgan fingerprint density at radius 3 is 2.69 bits per heavy atom. The molecule has 1 N–H and O–H groups in total. The van der Waals surface area contributed by atoms with Gasteiger partial charge in [-0.2, -0.15) is 0 Å². The van der Waals surface area contributed by atoms with Crippen LogP contribution >= 0.6 is 0 Å². The molecule has 0 saturated heterocycles. The van der Waals surface area contributed by atoms with E-state index in [9.17, 15) is 9.90 Å². The Morgan fingerprint density at radius 2 is 1.93 bits per heavy atom. The minimum absolute atomic E-state index is 0.199. The van der Waals surface area contributed by atoms with E-state index >= 15 is 0 Å². The van der Waals surface area contributed by atoms with Crippen molar-refractivity contribution >= 4 is 5.78 Å². The molecule has 29 heavy (non-hydrogen) atoms. The number of nitrogens with zero attached hydrogens (tertiary/aromatic N) is 2. The van der Waals surface area contributed by atoms with Crippen LogP contribution in [0, 0.1) is 40.9 Å². The lowest BCUT2D eigenvalue weighted by Gasteiger charge is -2.57. The zero-order chi connectivity index (χ0) is 20.2. The van der Waals surface area contributed by atoms with Gasteiger partial charge in [-0.3, -0.25) is 4.79 Å². The number of rotatable bonds is 4. The largest absolute Gasteiger partial charge is 0.390 e. The lowest BCUT2D eigenvalue weighted by molar-refractivity contribution is -0.133. The lowest BCUT2D eigenvalue weighted by Crippen LogP contribution is -2.51. The molecule has 0 amide bonds. The molecule has 160 valence electrons. The van der Waals surface area contributed by atoms with Crippen molar-refractivity contribution in [1.29, 1.82) is 0 Å². The maximum absolute atomic E-state index is 13.2. The first-order chi connectivity index (χ1) is 13.9. The van der Waals surface area contributed by atoms with Crippen LogP contribution in [-0.2, 0) is 11.3 Å². The van der Waals surface area contributed by atoms with Gasteiger partial charge in [-0.15, -0.1) is 0 Å². The van der Waals surface area contributed by atoms with Crippen molar-refractivity contribution in [2.45, 2.75) is 90.2 Å². The standard InChI is InChI=1S/C25H38N2O2/c1-3-25(29)11-9-18-17(14-25)4-5-20-19(18)8-10-24(2)21(20)6-7-22(24)23(28)15-27-13-12-26-16-27/h12-13,16-22,29H,3-11,14-15H2,1-2H3/t17-,18-,19+,20+,21-,22+,24-,25+/m0/s1. The third-order valence-electron chi connectivity index (χ3n) is 10.0. The summed E-state index contributed by atoms with van der Waals surface area (Å²) in [6.45, 7) is 5.08. The third-order valence-corrected chi connectivity index (χ3v) is 10.0. The molecule has 4 heteroatoms. The van der Waals surface area contributed by atoms with Gasteiger partial charge >= 0.3 is 0 Å². The summed E-state index contributed by atoms with van der Waals surface area (Å²) in [6, 6.07) is 0. The highest BCUT2D eigenvalue weighted by Gasteiger charge is 2.58. The Balaban J connectivity index is 1.31. The first-order valence-electron chi connectivity index (χ1n) is 12.1. The summed E-state index contributed by atoms with van der Waals surface area (Å²) < 4.78 is 1.94. The number of hydrogen-bond donors (Lipinski definition) is 1. The van der Waals surface area contributed by atoms with E-state index in [-0.39, 0.29) is 11.3 Å². The number of aliphatic hydroxyl groups is 1. The number of fused-ring (bicyclic) bond motifs is 5. The Morgan fingerprint density at radius 1 is 1.10 bits per heavy atom. The molecule has 4 nitrogen and oxygen atoms in total. The zero-order valence-electron chi connectivity index (χ0n) is 18.2. The van der Waals surface area contributed by atoms with Crippen LogP contribution in [0.2, 0.25) is 0 Å². The molecule has 1 aromatic rings. The zero-order valence-corrected chi connectivity index (χ0v) is 18.2. The molecule has 4 fully saturated rings. The SMILES string of the molecule is CC[C@@]1(O)CC[C@H]2[C@@H](CC[C@@H]3[C@@H]2CC[C@]2(C)[C@@H](C(=O)Cn4ccnc4)CC[C@@H]32)C1. The van der Waals surface area contributed by atoms with Crippen LogP contribution < -0.4 is 0 Å². The van der Waals surface area contributed by atoms with Crippen molar-refractivity contribution in [2.75, 3.05) is 0 Å². The number of aromatic nitrogens is 2. The fraction of sp³-hybridized carbons (Fsp3) is 0.840. The van der Waals surface area contributed by atoms with E-state index in [1.807, 2.05) is 10.8 Å². The van der Waals surface area contributed by atoms with Crippen LogP contribution in [0.3, 0.4) is 0 Å². The van der Waals surface area contributed by atoms with Crippen molar-refractivity contribution in [3.8, 4) is 0 Å². The van der Waals surface area contributed by atoms with Crippen LogP contribution in [0.4, 0.5) is 0 Å². The number of carbonyl (C=O) groups excluding carboxylic acids is 1. The number of hydrogen-bond acceptors (Lipinski definition) is 3. The number of imidazole rings is 1. The fourth-order valence-corrected chi connectivity index (χ4v) is 8.48. The van der Waals surface area contributed by atoms with E-state index in [1.165, 1.54) is 38.5 Å². The van der Waals surface area contributed by atoms with Crippen molar-refractivity contribution in [2.24, 2.45) is 40.9 Å². The van der Waals surface area contributed by atoms with E-state index in [4.69, 9.17) is 0 Å². The van der Waals surface area contributed by atoms with E-state index in [0.717, 1.165) is 55.3 Å². The molecule has 4 aliphatic carbocycles. The first-order valence-corrected chi connectivity index (χ1v) is 12.1. The molecule has 0 aromatic carbocycles. The molecule has 0 radical (unpaired) electrons. The Labute approximate surface area is 175 Å². The quantitative estimate of drug-likeness (QED) is 0.788. The second-order valence-electron chi connectivity index (χ2n) is 11.1. The maximum Gasteiger partial charge on any atom is 0.156 e. The second-order valence-corrected chi connectivity index (χ2v) is 11.1. The predicted octanol–water partition coefficient (Wildman–Crippen LogP) is 4.86. The molecule has 4 saturated carbocycles. The van der Waals surface area contributed by atoms with Gasteiger partial charge in [-0.1, -0.05) is 13.8 Å². The molecule has 0 spiro atoms. The average molecular weight is 399 g/mol. The predicted molar refractivity (Wildman–Crippen MR) is 113 cm³/mol. The lowest BCUT2D eigenvalue weighted by atomic mass is 9.48. The summed E-state index contributed by atoms with van der Waals surface area (Å²) in [5.41, 5.74) is -0.195. The monoisotopic (exact) mass is 398 g/mol.